The van der Waals surface area contributed by atoms with Crippen LogP contribution in [0, 0.1) is 17.0 Å². The van der Waals surface area contributed by atoms with E-state index < -0.39 is 17.2 Å². The van der Waals surface area contributed by atoms with Gasteiger partial charge < -0.3 is 24.4 Å². The molecule has 7 nitrogen and oxygen atoms in total. The first kappa shape index (κ1) is 23.6. The molecule has 1 saturated carbocycles. The second-order valence-electron chi connectivity index (χ2n) is 10.6. The van der Waals surface area contributed by atoms with Crippen molar-refractivity contribution in [2.75, 3.05) is 51.3 Å². The minimum atomic E-state index is -0.892. The van der Waals surface area contributed by atoms with E-state index >= 15 is 0 Å². The van der Waals surface area contributed by atoms with Gasteiger partial charge in [0.25, 0.3) is 0 Å². The molecule has 2 aliphatic heterocycles. The number of methoxy groups -OCH3 is 1. The number of hydrogen-bond acceptors (Lipinski definition) is 7. The van der Waals surface area contributed by atoms with Crippen LogP contribution in [0.2, 0.25) is 0 Å². The van der Waals surface area contributed by atoms with Crippen molar-refractivity contribution in [3.8, 4) is 6.01 Å². The van der Waals surface area contributed by atoms with E-state index in [0.29, 0.717) is 43.4 Å². The lowest BCUT2D eigenvalue weighted by Crippen LogP contribution is -2.46. The van der Waals surface area contributed by atoms with E-state index in [4.69, 9.17) is 9.47 Å². The summed E-state index contributed by atoms with van der Waals surface area (Å²) in [6, 6.07) is 2.19. The highest BCUT2D eigenvalue weighted by atomic mass is 19.1. The topological polar surface area (TPSA) is 71.0 Å². The van der Waals surface area contributed by atoms with Gasteiger partial charge in [0.1, 0.15) is 17.2 Å². The molecule has 0 amide bonds. The van der Waals surface area contributed by atoms with E-state index in [2.05, 4.69) is 14.9 Å². The number of aliphatic hydroxyl groups is 1. The summed E-state index contributed by atoms with van der Waals surface area (Å²) in [6.45, 7) is 6.19. The van der Waals surface area contributed by atoms with Gasteiger partial charge in [0.15, 0.2) is 5.82 Å². The van der Waals surface area contributed by atoms with Crippen molar-refractivity contribution in [3.05, 3.63) is 23.8 Å². The van der Waals surface area contributed by atoms with Gasteiger partial charge in [-0.15, -0.1) is 0 Å². The highest BCUT2D eigenvalue weighted by Gasteiger charge is 2.45. The van der Waals surface area contributed by atoms with Crippen LogP contribution in [0.1, 0.15) is 45.4 Å². The van der Waals surface area contributed by atoms with Gasteiger partial charge in [-0.05, 0) is 51.5 Å². The van der Waals surface area contributed by atoms with Gasteiger partial charge in [0.2, 0.25) is 0 Å². The third-order valence-corrected chi connectivity index (χ3v) is 7.54. The number of nitrogens with zero attached hydrogens (tertiary/aromatic N) is 4. The number of aromatic nitrogens is 2. The zero-order valence-electron chi connectivity index (χ0n) is 20.0. The van der Waals surface area contributed by atoms with Crippen LogP contribution in [-0.4, -0.2) is 78.1 Å². The fraction of sp³-hybridized carbons (Fsp3) is 0.680. The number of halogens is 2. The van der Waals surface area contributed by atoms with Gasteiger partial charge >= 0.3 is 6.01 Å². The zero-order chi connectivity index (χ0) is 23.9. The van der Waals surface area contributed by atoms with Crippen LogP contribution in [-0.2, 0) is 4.74 Å². The predicted molar refractivity (Wildman–Crippen MR) is 125 cm³/mol. The minimum Gasteiger partial charge on any atom is -0.463 e. The Labute approximate surface area is 199 Å². The monoisotopic (exact) mass is 476 g/mol. The predicted octanol–water partition coefficient (Wildman–Crippen LogP) is 3.53. The Hall–Kier alpha value is -2.10. The summed E-state index contributed by atoms with van der Waals surface area (Å²) in [5.74, 6) is -1.01. The van der Waals surface area contributed by atoms with Gasteiger partial charge in [0.05, 0.1) is 18.3 Å². The normalized spacial score (nSPS) is 25.6. The van der Waals surface area contributed by atoms with E-state index in [9.17, 15) is 13.9 Å². The molecule has 3 heterocycles. The molecule has 0 bridgehead atoms. The van der Waals surface area contributed by atoms with Crippen LogP contribution in [0.25, 0.3) is 10.9 Å². The van der Waals surface area contributed by atoms with Crippen molar-refractivity contribution in [3.63, 3.8) is 0 Å². The number of anilines is 1. The quantitative estimate of drug-likeness (QED) is 0.656. The fourth-order valence-corrected chi connectivity index (χ4v) is 5.35. The van der Waals surface area contributed by atoms with Crippen molar-refractivity contribution in [2.24, 2.45) is 5.41 Å². The SMILES string of the molecule is COC1CCN(CC2(COc3nc(N4CCC[C@@](C)(O)C4)c4cc(F)cc(F)c4n3)CC2)CC1. The van der Waals surface area contributed by atoms with E-state index in [-0.39, 0.29) is 16.9 Å². The summed E-state index contributed by atoms with van der Waals surface area (Å²) in [4.78, 5) is 13.3. The lowest BCUT2D eigenvalue weighted by molar-refractivity contribution is 0.0312. The number of ether oxygens (including phenoxy) is 2. The summed E-state index contributed by atoms with van der Waals surface area (Å²) in [6.07, 6.45) is 6.01. The second kappa shape index (κ2) is 9.17. The molecule has 2 aromatic rings. The Morgan fingerprint density at radius 1 is 1.12 bits per heavy atom. The standard InChI is InChI=1S/C25H34F2N4O3/c1-24(32)6-3-9-31(14-24)22-19-12-17(26)13-20(27)21(19)28-23(29-22)34-16-25(7-8-25)15-30-10-4-18(33-2)5-11-30/h12-13,18,32H,3-11,14-16H2,1-2H3/t24-/m1/s1. The number of piperidine rings is 2. The van der Waals surface area contributed by atoms with Crippen LogP contribution in [0.15, 0.2) is 12.1 Å². The maximum absolute atomic E-state index is 14.7. The molecule has 34 heavy (non-hydrogen) atoms. The van der Waals surface area contributed by atoms with Gasteiger partial charge in [-0.25, -0.2) is 8.78 Å². The van der Waals surface area contributed by atoms with Crippen molar-refractivity contribution < 1.29 is 23.4 Å². The minimum absolute atomic E-state index is 0.0399. The van der Waals surface area contributed by atoms with Crippen molar-refractivity contribution in [1.29, 1.82) is 0 Å². The van der Waals surface area contributed by atoms with Crippen molar-refractivity contribution in [2.45, 2.75) is 57.2 Å². The number of benzene rings is 1. The number of β-amino-alcohol motifs (C(OH)–C–C–N with tert-alkyl or cyclic N) is 1. The maximum atomic E-state index is 14.7. The molecular formula is C25H34F2N4O3. The zero-order valence-corrected chi connectivity index (χ0v) is 20.0. The number of rotatable bonds is 7. The van der Waals surface area contributed by atoms with Crippen LogP contribution in [0.3, 0.4) is 0 Å². The summed E-state index contributed by atoms with van der Waals surface area (Å²) in [7, 11) is 1.77. The molecule has 3 aliphatic rings. The average Bonchev–Trinajstić information content (AvgIpc) is 3.57. The van der Waals surface area contributed by atoms with E-state index in [1.165, 1.54) is 6.07 Å². The lowest BCUT2D eigenvalue weighted by Gasteiger charge is -2.38. The highest BCUT2D eigenvalue weighted by Crippen LogP contribution is 2.47. The van der Waals surface area contributed by atoms with Gasteiger partial charge in [-0.3, -0.25) is 0 Å². The highest BCUT2D eigenvalue weighted by molar-refractivity contribution is 5.90. The van der Waals surface area contributed by atoms with Crippen LogP contribution >= 0.6 is 0 Å². The first-order valence-electron chi connectivity index (χ1n) is 12.3. The largest absolute Gasteiger partial charge is 0.463 e. The molecule has 1 atom stereocenters. The van der Waals surface area contributed by atoms with Crippen molar-refractivity contribution in [1.82, 2.24) is 14.9 Å². The summed E-state index contributed by atoms with van der Waals surface area (Å²) < 4.78 is 40.3. The smallest absolute Gasteiger partial charge is 0.319 e. The number of likely N-dealkylation sites (tertiary alicyclic amines) is 1. The molecule has 3 fully saturated rings. The molecule has 2 saturated heterocycles. The number of hydrogen-bond donors (Lipinski definition) is 1. The lowest BCUT2D eigenvalue weighted by atomic mass is 9.95. The molecule has 5 rings (SSSR count). The maximum Gasteiger partial charge on any atom is 0.319 e. The van der Waals surface area contributed by atoms with Crippen LogP contribution in [0.4, 0.5) is 14.6 Å². The molecule has 9 heteroatoms. The molecule has 1 N–H and O–H groups in total. The van der Waals surface area contributed by atoms with Gasteiger partial charge in [0, 0.05) is 56.7 Å². The Bertz CT molecular complexity index is 1040. The summed E-state index contributed by atoms with van der Waals surface area (Å²) >= 11 is 0. The molecule has 1 aromatic heterocycles. The molecule has 186 valence electrons. The van der Waals surface area contributed by atoms with Crippen LogP contribution in [0.5, 0.6) is 6.01 Å². The van der Waals surface area contributed by atoms with E-state index in [1.807, 2.05) is 4.90 Å². The number of fused-ring (bicyclic) bond motifs is 1. The first-order chi connectivity index (χ1) is 16.3. The third kappa shape index (κ3) is 5.11. The van der Waals surface area contributed by atoms with E-state index in [1.54, 1.807) is 14.0 Å². The first-order valence-corrected chi connectivity index (χ1v) is 12.3. The van der Waals surface area contributed by atoms with Gasteiger partial charge in [-0.1, -0.05) is 0 Å². The van der Waals surface area contributed by atoms with E-state index in [0.717, 1.165) is 57.8 Å². The summed E-state index contributed by atoms with van der Waals surface area (Å²) in [5, 5.41) is 10.9. The Balaban J connectivity index is 1.35. The molecule has 0 unspecified atom stereocenters. The van der Waals surface area contributed by atoms with Gasteiger partial charge in [-0.2, -0.15) is 9.97 Å². The van der Waals surface area contributed by atoms with Crippen LogP contribution < -0.4 is 9.64 Å². The Morgan fingerprint density at radius 2 is 1.88 bits per heavy atom. The summed E-state index contributed by atoms with van der Waals surface area (Å²) in [5.41, 5.74) is -0.788. The second-order valence-corrected chi connectivity index (χ2v) is 10.6. The Morgan fingerprint density at radius 3 is 2.56 bits per heavy atom. The molecular weight excluding hydrogens is 442 g/mol. The molecule has 0 spiro atoms. The molecule has 1 aliphatic carbocycles. The fourth-order valence-electron chi connectivity index (χ4n) is 5.35. The molecule has 0 radical (unpaired) electrons. The van der Waals surface area contributed by atoms with Crippen molar-refractivity contribution >= 4 is 16.7 Å². The third-order valence-electron chi connectivity index (χ3n) is 7.54. The average molecular weight is 477 g/mol. The molecule has 1 aromatic carbocycles. The Kier molecular flexibility index (Phi) is 6.37.